The summed E-state index contributed by atoms with van der Waals surface area (Å²) in [5, 5.41) is 2.86. The molecule has 3 nitrogen and oxygen atoms in total. The second kappa shape index (κ2) is 5.47. The first kappa shape index (κ1) is 14.9. The lowest BCUT2D eigenvalue weighted by atomic mass is 10.1. The molecule has 0 spiro atoms. The van der Waals surface area contributed by atoms with E-state index in [1.54, 1.807) is 37.0 Å². The molecule has 108 valence electrons. The van der Waals surface area contributed by atoms with E-state index >= 15 is 0 Å². The number of halogens is 4. The van der Waals surface area contributed by atoms with E-state index in [1.165, 1.54) is 6.07 Å². The molecule has 2 rings (SSSR count). The van der Waals surface area contributed by atoms with Crippen LogP contribution in [-0.2, 0) is 13.2 Å². The fraction of sp³-hybridized carbons (Fsp3) is 0.308. The molecular formula is C13H13BrF3N3. The Balaban J connectivity index is 2.32. The van der Waals surface area contributed by atoms with Crippen LogP contribution >= 0.6 is 15.9 Å². The Bertz CT molecular complexity index is 607. The van der Waals surface area contributed by atoms with Crippen LogP contribution in [0, 0.1) is 0 Å². The predicted molar refractivity (Wildman–Crippen MR) is 74.4 cm³/mol. The minimum absolute atomic E-state index is 0.0381. The summed E-state index contributed by atoms with van der Waals surface area (Å²) in [6.45, 7) is 1.77. The van der Waals surface area contributed by atoms with E-state index in [1.807, 2.05) is 0 Å². The lowest BCUT2D eigenvalue weighted by Crippen LogP contribution is -2.16. The maximum atomic E-state index is 13.0. The summed E-state index contributed by atoms with van der Waals surface area (Å²) < 4.78 is 41.2. The topological polar surface area (TPSA) is 29.9 Å². The fourth-order valence-electron chi connectivity index (χ4n) is 1.97. The number of anilines is 1. The zero-order valence-corrected chi connectivity index (χ0v) is 12.5. The van der Waals surface area contributed by atoms with Crippen molar-refractivity contribution in [2.24, 2.45) is 7.05 Å². The van der Waals surface area contributed by atoms with Crippen LogP contribution in [0.4, 0.5) is 18.9 Å². The molecule has 1 atom stereocenters. The van der Waals surface area contributed by atoms with Gasteiger partial charge in [-0.05, 0) is 25.1 Å². The highest BCUT2D eigenvalue weighted by molar-refractivity contribution is 9.10. The summed E-state index contributed by atoms with van der Waals surface area (Å²) in [5.74, 6) is 0.668. The minimum Gasteiger partial charge on any atom is -0.375 e. The zero-order chi connectivity index (χ0) is 14.9. The average molecular weight is 348 g/mol. The van der Waals surface area contributed by atoms with Gasteiger partial charge >= 0.3 is 6.18 Å². The Morgan fingerprint density at radius 1 is 1.35 bits per heavy atom. The fourth-order valence-corrected chi connectivity index (χ4v) is 2.33. The molecule has 20 heavy (non-hydrogen) atoms. The van der Waals surface area contributed by atoms with Crippen LogP contribution in [0.15, 0.2) is 35.1 Å². The maximum absolute atomic E-state index is 13.0. The summed E-state index contributed by atoms with van der Waals surface area (Å²) in [4.78, 5) is 4.13. The van der Waals surface area contributed by atoms with E-state index in [4.69, 9.17) is 0 Å². The van der Waals surface area contributed by atoms with Gasteiger partial charge in [0.05, 0.1) is 11.6 Å². The van der Waals surface area contributed by atoms with Crippen LogP contribution in [0.5, 0.6) is 0 Å². The van der Waals surface area contributed by atoms with Crippen LogP contribution in [-0.4, -0.2) is 9.55 Å². The van der Waals surface area contributed by atoms with Crippen molar-refractivity contribution in [2.45, 2.75) is 19.1 Å². The van der Waals surface area contributed by atoms with Gasteiger partial charge in [0.25, 0.3) is 0 Å². The Hall–Kier alpha value is -1.50. The molecular weight excluding hydrogens is 335 g/mol. The summed E-state index contributed by atoms with van der Waals surface area (Å²) >= 11 is 3.06. The molecule has 1 aromatic carbocycles. The van der Waals surface area contributed by atoms with E-state index in [2.05, 4.69) is 26.2 Å². The molecule has 1 aromatic heterocycles. The van der Waals surface area contributed by atoms with Gasteiger partial charge in [-0.1, -0.05) is 15.9 Å². The van der Waals surface area contributed by atoms with Gasteiger partial charge in [0, 0.05) is 29.6 Å². The summed E-state index contributed by atoms with van der Waals surface area (Å²) in [7, 11) is 1.80. The highest BCUT2D eigenvalue weighted by Crippen LogP contribution is 2.37. The number of aryl methyl sites for hydroxylation is 1. The molecule has 0 aliphatic carbocycles. The van der Waals surface area contributed by atoms with E-state index in [-0.39, 0.29) is 11.7 Å². The molecule has 0 aliphatic heterocycles. The number of nitrogens with one attached hydrogen (secondary N) is 1. The molecule has 0 radical (unpaired) electrons. The van der Waals surface area contributed by atoms with Crippen molar-refractivity contribution < 1.29 is 13.2 Å². The number of hydrogen-bond acceptors (Lipinski definition) is 2. The van der Waals surface area contributed by atoms with Gasteiger partial charge in [-0.15, -0.1) is 0 Å². The van der Waals surface area contributed by atoms with Crippen molar-refractivity contribution in [3.63, 3.8) is 0 Å². The second-order valence-electron chi connectivity index (χ2n) is 4.45. The molecule has 0 saturated carbocycles. The molecule has 0 amide bonds. The third-order valence-corrected chi connectivity index (χ3v) is 3.40. The number of aromatic nitrogens is 2. The van der Waals surface area contributed by atoms with Gasteiger partial charge in [0.1, 0.15) is 5.82 Å². The first-order valence-electron chi connectivity index (χ1n) is 5.89. The zero-order valence-electron chi connectivity index (χ0n) is 10.9. The van der Waals surface area contributed by atoms with Crippen molar-refractivity contribution in [3.8, 4) is 0 Å². The number of alkyl halides is 3. The molecule has 2 aromatic rings. The van der Waals surface area contributed by atoms with Crippen LogP contribution in [0.25, 0.3) is 0 Å². The highest BCUT2D eigenvalue weighted by Gasteiger charge is 2.34. The van der Waals surface area contributed by atoms with Crippen molar-refractivity contribution in [2.75, 3.05) is 5.32 Å². The third kappa shape index (κ3) is 3.15. The van der Waals surface area contributed by atoms with E-state index in [9.17, 15) is 13.2 Å². The van der Waals surface area contributed by atoms with Crippen LogP contribution < -0.4 is 5.32 Å². The quantitative estimate of drug-likeness (QED) is 0.893. The first-order chi connectivity index (χ1) is 9.29. The van der Waals surface area contributed by atoms with E-state index in [0.717, 1.165) is 6.07 Å². The van der Waals surface area contributed by atoms with Gasteiger partial charge in [-0.25, -0.2) is 4.98 Å². The van der Waals surface area contributed by atoms with Gasteiger partial charge in [-0.3, -0.25) is 0 Å². The van der Waals surface area contributed by atoms with Gasteiger partial charge < -0.3 is 9.88 Å². The SMILES string of the molecule is CC(Nc1ccc(Br)cc1C(F)(F)F)c1nccn1C. The third-order valence-electron chi connectivity index (χ3n) is 2.90. The molecule has 1 N–H and O–H groups in total. The molecule has 1 unspecified atom stereocenters. The predicted octanol–water partition coefficient (Wildman–Crippen LogP) is 4.37. The standard InChI is InChI=1S/C13H13BrF3N3/c1-8(12-18-5-6-20(12)2)19-11-4-3-9(14)7-10(11)13(15,16)17/h3-8,19H,1-2H3. The van der Waals surface area contributed by atoms with Crippen molar-refractivity contribution in [1.82, 2.24) is 9.55 Å². The van der Waals surface area contributed by atoms with Gasteiger partial charge in [-0.2, -0.15) is 13.2 Å². The molecule has 1 heterocycles. The molecule has 0 fully saturated rings. The number of nitrogens with zero attached hydrogens (tertiary/aromatic N) is 2. The second-order valence-corrected chi connectivity index (χ2v) is 5.37. The maximum Gasteiger partial charge on any atom is 0.418 e. The Labute approximate surface area is 123 Å². The van der Waals surface area contributed by atoms with Crippen LogP contribution in [0.3, 0.4) is 0 Å². The summed E-state index contributed by atoms with van der Waals surface area (Å²) in [6, 6.07) is 3.71. The van der Waals surface area contributed by atoms with Crippen LogP contribution in [0.2, 0.25) is 0 Å². The van der Waals surface area contributed by atoms with E-state index in [0.29, 0.717) is 10.3 Å². The summed E-state index contributed by atoms with van der Waals surface area (Å²) in [5.41, 5.74) is -0.663. The van der Waals surface area contributed by atoms with Crippen LogP contribution in [0.1, 0.15) is 24.4 Å². The summed E-state index contributed by atoms with van der Waals surface area (Å²) in [6.07, 6.45) is -1.05. The average Bonchev–Trinajstić information content (AvgIpc) is 2.76. The monoisotopic (exact) mass is 347 g/mol. The lowest BCUT2D eigenvalue weighted by molar-refractivity contribution is -0.137. The number of benzene rings is 1. The number of imidazole rings is 1. The van der Waals surface area contributed by atoms with Crippen molar-refractivity contribution in [3.05, 3.63) is 46.5 Å². The number of hydrogen-bond donors (Lipinski definition) is 1. The normalized spacial score (nSPS) is 13.3. The Morgan fingerprint density at radius 2 is 2.05 bits per heavy atom. The largest absolute Gasteiger partial charge is 0.418 e. The Morgan fingerprint density at radius 3 is 2.60 bits per heavy atom. The lowest BCUT2D eigenvalue weighted by Gasteiger charge is -2.19. The van der Waals surface area contributed by atoms with Gasteiger partial charge in [0.2, 0.25) is 0 Å². The smallest absolute Gasteiger partial charge is 0.375 e. The molecule has 0 saturated heterocycles. The van der Waals surface area contributed by atoms with Crippen molar-refractivity contribution in [1.29, 1.82) is 0 Å². The Kier molecular flexibility index (Phi) is 4.08. The van der Waals surface area contributed by atoms with Crippen molar-refractivity contribution >= 4 is 21.6 Å². The van der Waals surface area contributed by atoms with Gasteiger partial charge in [0.15, 0.2) is 0 Å². The number of rotatable bonds is 3. The molecule has 7 heteroatoms. The highest BCUT2D eigenvalue weighted by atomic mass is 79.9. The molecule has 0 bridgehead atoms. The minimum atomic E-state index is -4.41. The molecule has 0 aliphatic rings. The van der Waals surface area contributed by atoms with E-state index < -0.39 is 11.7 Å². The first-order valence-corrected chi connectivity index (χ1v) is 6.69.